The fraction of sp³-hybridized carbons (Fsp3) is 0.357. The second-order valence-corrected chi connectivity index (χ2v) is 6.09. The Hall–Kier alpha value is -2.03. The van der Waals surface area contributed by atoms with Crippen molar-refractivity contribution in [2.75, 3.05) is 5.75 Å². The minimum Gasteiger partial charge on any atom is -0.481 e. The van der Waals surface area contributed by atoms with E-state index in [1.165, 1.54) is 22.8 Å². The molecule has 0 spiro atoms. The molecular weight excluding hydrogens is 331 g/mol. The summed E-state index contributed by atoms with van der Waals surface area (Å²) in [4.78, 5) is 10.7. The summed E-state index contributed by atoms with van der Waals surface area (Å²) in [5, 5.41) is 16.8. The van der Waals surface area contributed by atoms with E-state index in [1.54, 1.807) is 0 Å². The summed E-state index contributed by atoms with van der Waals surface area (Å²) in [6, 6.07) is 5.17. The van der Waals surface area contributed by atoms with E-state index in [-0.39, 0.29) is 22.5 Å². The first-order valence-corrected chi connectivity index (χ1v) is 7.83. The molecule has 0 radical (unpaired) electrons. The number of carboxylic acid groups (broad SMARTS) is 1. The normalized spacial score (nSPS) is 14.9. The van der Waals surface area contributed by atoms with Crippen LogP contribution in [0, 0.1) is 0 Å². The molecule has 0 unspecified atom stereocenters. The van der Waals surface area contributed by atoms with E-state index in [9.17, 15) is 18.0 Å². The monoisotopic (exact) mass is 343 g/mol. The van der Waals surface area contributed by atoms with E-state index in [0.717, 1.165) is 30.7 Å². The summed E-state index contributed by atoms with van der Waals surface area (Å²) in [6.45, 7) is 0. The highest BCUT2D eigenvalue weighted by atomic mass is 32.2. The van der Waals surface area contributed by atoms with Gasteiger partial charge in [0.05, 0.1) is 17.0 Å². The average molecular weight is 343 g/mol. The number of hydrogen-bond donors (Lipinski definition) is 1. The molecule has 1 aliphatic carbocycles. The van der Waals surface area contributed by atoms with Crippen LogP contribution >= 0.6 is 11.8 Å². The number of carbonyl (C=O) groups is 1. The zero-order chi connectivity index (χ0) is 16.6. The van der Waals surface area contributed by atoms with Gasteiger partial charge in [-0.3, -0.25) is 9.36 Å². The van der Waals surface area contributed by atoms with E-state index in [0.29, 0.717) is 5.82 Å². The highest BCUT2D eigenvalue weighted by Crippen LogP contribution is 2.43. The van der Waals surface area contributed by atoms with Gasteiger partial charge in [-0.1, -0.05) is 23.9 Å². The molecule has 5 nitrogen and oxygen atoms in total. The third-order valence-corrected chi connectivity index (χ3v) is 4.29. The lowest BCUT2D eigenvalue weighted by molar-refractivity contribution is -0.137. The van der Waals surface area contributed by atoms with Gasteiger partial charge in [0, 0.05) is 5.92 Å². The zero-order valence-electron chi connectivity index (χ0n) is 11.7. The Morgan fingerprint density at radius 1 is 1.30 bits per heavy atom. The number of aromatic nitrogens is 3. The highest BCUT2D eigenvalue weighted by Gasteiger charge is 2.37. The number of alkyl halides is 3. The maximum Gasteiger partial charge on any atom is 0.418 e. The molecular formula is C14H12F3N3O2S. The Labute approximate surface area is 133 Å². The Morgan fingerprint density at radius 3 is 2.61 bits per heavy atom. The average Bonchev–Trinajstić information content (AvgIpc) is 3.24. The van der Waals surface area contributed by atoms with Crippen LogP contribution in [-0.2, 0) is 11.0 Å². The molecule has 1 fully saturated rings. The highest BCUT2D eigenvalue weighted by molar-refractivity contribution is 7.99. The second-order valence-electron chi connectivity index (χ2n) is 5.15. The molecule has 3 rings (SSSR count). The first kappa shape index (κ1) is 15.9. The Morgan fingerprint density at radius 2 is 2.00 bits per heavy atom. The van der Waals surface area contributed by atoms with Crippen LogP contribution in [-0.4, -0.2) is 31.6 Å². The molecule has 0 saturated heterocycles. The van der Waals surface area contributed by atoms with Crippen molar-refractivity contribution in [1.82, 2.24) is 14.8 Å². The summed E-state index contributed by atoms with van der Waals surface area (Å²) in [5.41, 5.74) is -0.862. The van der Waals surface area contributed by atoms with Crippen LogP contribution in [0.15, 0.2) is 29.4 Å². The van der Waals surface area contributed by atoms with Crippen molar-refractivity contribution in [3.8, 4) is 5.69 Å². The number of aliphatic carboxylic acids is 1. The van der Waals surface area contributed by atoms with Crippen LogP contribution in [0.25, 0.3) is 5.69 Å². The van der Waals surface area contributed by atoms with E-state index in [1.807, 2.05) is 0 Å². The van der Waals surface area contributed by atoms with E-state index >= 15 is 0 Å². The summed E-state index contributed by atoms with van der Waals surface area (Å²) >= 11 is 0.858. The van der Waals surface area contributed by atoms with Crippen molar-refractivity contribution in [1.29, 1.82) is 0 Å². The molecule has 1 aromatic carbocycles. The maximum atomic E-state index is 13.3. The Bertz CT molecular complexity index is 741. The van der Waals surface area contributed by atoms with Gasteiger partial charge < -0.3 is 5.11 Å². The minimum absolute atomic E-state index is 0.0696. The van der Waals surface area contributed by atoms with Crippen LogP contribution in [0.4, 0.5) is 13.2 Å². The fourth-order valence-corrected chi connectivity index (χ4v) is 2.91. The SMILES string of the molecule is O=C(O)CSc1nnc(C2CC2)n1-c1ccccc1C(F)(F)F. The smallest absolute Gasteiger partial charge is 0.418 e. The number of carboxylic acids is 1. The van der Waals surface area contributed by atoms with Crippen molar-refractivity contribution in [2.24, 2.45) is 0 Å². The molecule has 1 aliphatic rings. The van der Waals surface area contributed by atoms with Crippen LogP contribution in [0.3, 0.4) is 0 Å². The summed E-state index contributed by atoms with van der Waals surface area (Å²) < 4.78 is 41.2. The summed E-state index contributed by atoms with van der Waals surface area (Å²) in [5.74, 6) is -0.837. The topological polar surface area (TPSA) is 68.0 Å². The van der Waals surface area contributed by atoms with Gasteiger partial charge in [-0.05, 0) is 25.0 Å². The zero-order valence-corrected chi connectivity index (χ0v) is 12.6. The van der Waals surface area contributed by atoms with Gasteiger partial charge in [0.15, 0.2) is 5.16 Å². The summed E-state index contributed by atoms with van der Waals surface area (Å²) in [7, 11) is 0. The van der Waals surface area contributed by atoms with Crippen molar-refractivity contribution in [2.45, 2.75) is 30.1 Å². The number of para-hydroxylation sites is 1. The number of nitrogens with zero attached hydrogens (tertiary/aromatic N) is 3. The van der Waals surface area contributed by atoms with Gasteiger partial charge in [-0.25, -0.2) is 0 Å². The van der Waals surface area contributed by atoms with Gasteiger partial charge in [0.25, 0.3) is 0 Å². The third kappa shape index (κ3) is 3.34. The van der Waals surface area contributed by atoms with Crippen molar-refractivity contribution < 1.29 is 23.1 Å². The Kier molecular flexibility index (Phi) is 4.05. The second kappa shape index (κ2) is 5.88. The molecule has 1 heterocycles. The molecule has 1 aromatic heterocycles. The lowest BCUT2D eigenvalue weighted by atomic mass is 10.1. The lowest BCUT2D eigenvalue weighted by Gasteiger charge is -2.16. The number of halogens is 3. The molecule has 0 atom stereocenters. The standard InChI is InChI=1S/C14H12F3N3O2S/c15-14(16,17)9-3-1-2-4-10(9)20-12(8-5-6-8)18-19-13(20)23-7-11(21)22/h1-4,8H,5-7H2,(H,21,22). The quantitative estimate of drug-likeness (QED) is 0.844. The first-order chi connectivity index (χ1) is 10.9. The van der Waals surface area contributed by atoms with Gasteiger partial charge in [-0.2, -0.15) is 13.2 Å². The molecule has 0 amide bonds. The van der Waals surface area contributed by atoms with E-state index in [2.05, 4.69) is 10.2 Å². The molecule has 2 aromatic rings. The lowest BCUT2D eigenvalue weighted by Crippen LogP contribution is -2.13. The van der Waals surface area contributed by atoms with Crippen LogP contribution < -0.4 is 0 Å². The van der Waals surface area contributed by atoms with Crippen molar-refractivity contribution >= 4 is 17.7 Å². The number of benzene rings is 1. The van der Waals surface area contributed by atoms with E-state index in [4.69, 9.17) is 5.11 Å². The maximum absolute atomic E-state index is 13.3. The third-order valence-electron chi connectivity index (χ3n) is 3.38. The van der Waals surface area contributed by atoms with Crippen molar-refractivity contribution in [3.05, 3.63) is 35.7 Å². The Balaban J connectivity index is 2.11. The molecule has 23 heavy (non-hydrogen) atoms. The first-order valence-electron chi connectivity index (χ1n) is 6.84. The van der Waals surface area contributed by atoms with Gasteiger partial charge in [0.2, 0.25) is 0 Å². The molecule has 1 saturated carbocycles. The molecule has 0 bridgehead atoms. The molecule has 9 heteroatoms. The largest absolute Gasteiger partial charge is 0.481 e. The van der Waals surface area contributed by atoms with Crippen LogP contribution in [0.5, 0.6) is 0 Å². The molecule has 122 valence electrons. The van der Waals surface area contributed by atoms with Gasteiger partial charge >= 0.3 is 12.1 Å². The van der Waals surface area contributed by atoms with Crippen LogP contribution in [0.1, 0.15) is 30.1 Å². The minimum atomic E-state index is -4.52. The molecule has 1 N–H and O–H groups in total. The number of hydrogen-bond acceptors (Lipinski definition) is 4. The van der Waals surface area contributed by atoms with Crippen molar-refractivity contribution in [3.63, 3.8) is 0 Å². The number of thioether (sulfide) groups is 1. The van der Waals surface area contributed by atoms with Gasteiger partial charge in [0.1, 0.15) is 5.82 Å². The molecule has 0 aliphatic heterocycles. The predicted molar refractivity (Wildman–Crippen MR) is 76.7 cm³/mol. The van der Waals surface area contributed by atoms with E-state index < -0.39 is 17.7 Å². The fourth-order valence-electron chi connectivity index (χ4n) is 2.24. The summed E-state index contributed by atoms with van der Waals surface area (Å²) in [6.07, 6.45) is -2.83. The number of rotatable bonds is 5. The predicted octanol–water partition coefficient (Wildman–Crippen LogP) is 3.34. The van der Waals surface area contributed by atoms with Gasteiger partial charge in [-0.15, -0.1) is 10.2 Å². The van der Waals surface area contributed by atoms with Crippen LogP contribution in [0.2, 0.25) is 0 Å².